The number of carbonyl (C=O) groups excluding carboxylic acids is 1. The van der Waals surface area contributed by atoms with Gasteiger partial charge in [-0.1, -0.05) is 47.0 Å². The van der Waals surface area contributed by atoms with Crippen LogP contribution in [0.25, 0.3) is 5.69 Å². The summed E-state index contributed by atoms with van der Waals surface area (Å²) in [6.45, 7) is 0.374. The number of aromatic nitrogens is 2. The van der Waals surface area contributed by atoms with Crippen LogP contribution in [0.4, 0.5) is 11.4 Å². The van der Waals surface area contributed by atoms with Crippen LogP contribution in [0.2, 0.25) is 0 Å². The van der Waals surface area contributed by atoms with Crippen LogP contribution in [0, 0.1) is 0 Å². The summed E-state index contributed by atoms with van der Waals surface area (Å²) in [5.74, 6) is -0.887. The number of para-hydroxylation sites is 1. The van der Waals surface area contributed by atoms with Crippen molar-refractivity contribution >= 4 is 43.2 Å². The van der Waals surface area contributed by atoms with Gasteiger partial charge in [-0.25, -0.2) is 13.1 Å². The van der Waals surface area contributed by atoms with E-state index in [4.69, 9.17) is 0 Å². The lowest BCUT2D eigenvalue weighted by atomic mass is 10.2. The second-order valence-corrected chi connectivity index (χ2v) is 10.1. The lowest BCUT2D eigenvalue weighted by Crippen LogP contribution is -2.24. The molecular formula is C23H27BrN6O4S. The molecule has 3 aromatic rings. The van der Waals surface area contributed by atoms with Crippen molar-refractivity contribution < 1.29 is 18.3 Å². The molecule has 0 unspecified atom stereocenters. The maximum Gasteiger partial charge on any atom is 0.274 e. The van der Waals surface area contributed by atoms with Gasteiger partial charge in [0.15, 0.2) is 11.4 Å². The average molecular weight is 563 g/mol. The average Bonchev–Trinajstić information content (AvgIpc) is 3.21. The van der Waals surface area contributed by atoms with Gasteiger partial charge in [0.1, 0.15) is 0 Å². The number of carbonyl (C=O) groups is 1. The molecule has 0 aliphatic rings. The minimum atomic E-state index is -3.63. The molecule has 1 amide bonds. The molecule has 0 atom stereocenters. The summed E-state index contributed by atoms with van der Waals surface area (Å²) in [5.41, 5.74) is 0.679. The van der Waals surface area contributed by atoms with Crippen molar-refractivity contribution in [1.29, 1.82) is 0 Å². The molecule has 10 nitrogen and oxygen atoms in total. The first-order chi connectivity index (χ1) is 16.9. The standard InChI is InChI=1S/C23H27BrN6O4S/c1-25-22(31)20-21(23(32)30(29-20)18-9-5-4-6-10-18)28-27-17-11-13-19(14-12-17)35(33,34)26-16-8-3-2-7-15-24/h4-6,9-14,26,32H,2-3,7-8,15-16H2,1H3,(H,25,31)/b28-27+. The zero-order valence-electron chi connectivity index (χ0n) is 19.2. The van der Waals surface area contributed by atoms with Gasteiger partial charge in [-0.2, -0.15) is 14.9 Å². The van der Waals surface area contributed by atoms with Gasteiger partial charge in [0, 0.05) is 18.9 Å². The molecule has 0 spiro atoms. The van der Waals surface area contributed by atoms with Crippen LogP contribution in [-0.4, -0.2) is 48.1 Å². The molecule has 0 radical (unpaired) electrons. The zero-order valence-corrected chi connectivity index (χ0v) is 21.6. The lowest BCUT2D eigenvalue weighted by Gasteiger charge is -2.06. The topological polar surface area (TPSA) is 138 Å². The normalized spacial score (nSPS) is 11.7. The van der Waals surface area contributed by atoms with Crippen molar-refractivity contribution in [3.05, 3.63) is 60.3 Å². The molecular weight excluding hydrogens is 536 g/mol. The monoisotopic (exact) mass is 562 g/mol. The van der Waals surface area contributed by atoms with E-state index in [-0.39, 0.29) is 22.2 Å². The van der Waals surface area contributed by atoms with E-state index >= 15 is 0 Å². The summed E-state index contributed by atoms with van der Waals surface area (Å²) in [5, 5.41) is 26.3. The number of unbranched alkanes of at least 4 members (excludes halogenated alkanes) is 3. The van der Waals surface area contributed by atoms with Crippen LogP contribution in [0.15, 0.2) is 69.7 Å². The van der Waals surface area contributed by atoms with Crippen LogP contribution >= 0.6 is 15.9 Å². The second-order valence-electron chi connectivity index (χ2n) is 7.54. The number of alkyl halides is 1. The van der Waals surface area contributed by atoms with E-state index < -0.39 is 15.9 Å². The first-order valence-electron chi connectivity index (χ1n) is 11.0. The van der Waals surface area contributed by atoms with Gasteiger partial charge >= 0.3 is 0 Å². The fraction of sp³-hybridized carbons (Fsp3) is 0.304. The first-order valence-corrected chi connectivity index (χ1v) is 13.6. The third-order valence-electron chi connectivity index (χ3n) is 5.04. The molecule has 0 saturated carbocycles. The Balaban J connectivity index is 1.75. The molecule has 3 rings (SSSR count). The summed E-state index contributed by atoms with van der Waals surface area (Å²) in [7, 11) is -2.19. The molecule has 186 valence electrons. The molecule has 12 heteroatoms. The minimum Gasteiger partial charge on any atom is -0.492 e. The molecule has 3 N–H and O–H groups in total. The van der Waals surface area contributed by atoms with Gasteiger partial charge < -0.3 is 10.4 Å². The Morgan fingerprint density at radius 3 is 2.37 bits per heavy atom. The number of nitrogens with one attached hydrogen (secondary N) is 2. The molecule has 0 saturated heterocycles. The fourth-order valence-electron chi connectivity index (χ4n) is 3.18. The number of halogens is 1. The molecule has 2 aromatic carbocycles. The summed E-state index contributed by atoms with van der Waals surface area (Å²) in [6.07, 6.45) is 3.85. The number of amides is 1. The number of benzene rings is 2. The number of azo groups is 1. The molecule has 35 heavy (non-hydrogen) atoms. The molecule has 1 heterocycles. The molecule has 1 aromatic heterocycles. The number of rotatable bonds is 12. The Kier molecular flexibility index (Phi) is 9.52. The van der Waals surface area contributed by atoms with Crippen molar-refractivity contribution in [1.82, 2.24) is 19.8 Å². The van der Waals surface area contributed by atoms with E-state index in [1.807, 2.05) is 6.07 Å². The number of aromatic hydroxyl groups is 1. The Morgan fingerprint density at radius 2 is 1.71 bits per heavy atom. The van der Waals surface area contributed by atoms with E-state index in [9.17, 15) is 18.3 Å². The van der Waals surface area contributed by atoms with Crippen molar-refractivity contribution in [2.24, 2.45) is 10.2 Å². The van der Waals surface area contributed by atoms with Gasteiger partial charge in [0.25, 0.3) is 5.91 Å². The van der Waals surface area contributed by atoms with Crippen LogP contribution in [0.1, 0.15) is 36.2 Å². The Labute approximate surface area is 212 Å². The third-order valence-corrected chi connectivity index (χ3v) is 7.08. The third kappa shape index (κ3) is 6.96. The van der Waals surface area contributed by atoms with Crippen molar-refractivity contribution in [2.45, 2.75) is 30.6 Å². The Morgan fingerprint density at radius 1 is 1.03 bits per heavy atom. The van der Waals surface area contributed by atoms with E-state index in [0.29, 0.717) is 17.9 Å². The second kappa shape index (κ2) is 12.6. The van der Waals surface area contributed by atoms with Crippen LogP contribution in [-0.2, 0) is 10.0 Å². The van der Waals surface area contributed by atoms with Gasteiger partial charge in [-0.15, -0.1) is 5.11 Å². The van der Waals surface area contributed by atoms with Gasteiger partial charge in [-0.05, 0) is 49.2 Å². The first kappa shape index (κ1) is 26.5. The quantitative estimate of drug-likeness (QED) is 0.168. The van der Waals surface area contributed by atoms with Gasteiger partial charge in [0.2, 0.25) is 15.9 Å². The zero-order chi connectivity index (χ0) is 25.3. The largest absolute Gasteiger partial charge is 0.492 e. The highest BCUT2D eigenvalue weighted by atomic mass is 79.9. The minimum absolute atomic E-state index is 0.0999. The number of hydrogen-bond donors (Lipinski definition) is 3. The highest BCUT2D eigenvalue weighted by molar-refractivity contribution is 9.09. The predicted octanol–water partition coefficient (Wildman–Crippen LogP) is 4.59. The smallest absolute Gasteiger partial charge is 0.274 e. The number of hydrogen-bond acceptors (Lipinski definition) is 7. The maximum atomic E-state index is 12.5. The van der Waals surface area contributed by atoms with Gasteiger partial charge in [0.05, 0.1) is 16.3 Å². The SMILES string of the molecule is CNC(=O)c1nn(-c2ccccc2)c(O)c1/N=N/c1ccc(S(=O)(=O)NCCCCCCBr)cc1. The van der Waals surface area contributed by atoms with E-state index in [1.165, 1.54) is 36.0 Å². The van der Waals surface area contributed by atoms with Gasteiger partial charge in [-0.3, -0.25) is 4.79 Å². The highest BCUT2D eigenvalue weighted by Gasteiger charge is 2.23. The Hall–Kier alpha value is -3.09. The molecule has 0 fully saturated rings. The summed E-state index contributed by atoms with van der Waals surface area (Å²) in [4.78, 5) is 12.4. The summed E-state index contributed by atoms with van der Waals surface area (Å²) in [6, 6.07) is 14.6. The van der Waals surface area contributed by atoms with E-state index in [0.717, 1.165) is 31.0 Å². The fourth-order valence-corrected chi connectivity index (χ4v) is 4.65. The highest BCUT2D eigenvalue weighted by Crippen LogP contribution is 2.34. The van der Waals surface area contributed by atoms with E-state index in [2.05, 4.69) is 41.3 Å². The van der Waals surface area contributed by atoms with E-state index in [1.54, 1.807) is 24.3 Å². The molecule has 0 bridgehead atoms. The lowest BCUT2D eigenvalue weighted by molar-refractivity contribution is 0.0958. The van der Waals surface area contributed by atoms with Crippen LogP contribution in [0.3, 0.4) is 0 Å². The predicted molar refractivity (Wildman–Crippen MR) is 137 cm³/mol. The number of sulfonamides is 1. The summed E-state index contributed by atoms with van der Waals surface area (Å²) < 4.78 is 28.8. The molecule has 0 aliphatic heterocycles. The summed E-state index contributed by atoms with van der Waals surface area (Å²) >= 11 is 3.38. The molecule has 0 aliphatic carbocycles. The van der Waals surface area contributed by atoms with Crippen molar-refractivity contribution in [3.63, 3.8) is 0 Å². The van der Waals surface area contributed by atoms with Crippen LogP contribution in [0.5, 0.6) is 5.88 Å². The number of nitrogens with zero attached hydrogens (tertiary/aromatic N) is 4. The maximum absolute atomic E-state index is 12.5. The van der Waals surface area contributed by atoms with Crippen LogP contribution < -0.4 is 10.0 Å². The van der Waals surface area contributed by atoms with Crippen molar-refractivity contribution in [3.8, 4) is 11.6 Å². The Bertz CT molecular complexity index is 1260. The van der Waals surface area contributed by atoms with Crippen molar-refractivity contribution in [2.75, 3.05) is 18.9 Å².